The average Bonchev–Trinajstić information content (AvgIpc) is 2.34. The third-order valence-corrected chi connectivity index (χ3v) is 1.31. The molecule has 1 aromatic heterocycles. The number of aromatic nitrogens is 1. The predicted octanol–water partition coefficient (Wildman–Crippen LogP) is 1.14. The molecule has 0 fully saturated rings. The van der Waals surface area contributed by atoms with E-state index in [2.05, 4.69) is 9.68 Å². The second-order valence-electron chi connectivity index (χ2n) is 2.63. The summed E-state index contributed by atoms with van der Waals surface area (Å²) in [4.78, 5) is 21.7. The van der Waals surface area contributed by atoms with Crippen molar-refractivity contribution in [1.82, 2.24) is 5.16 Å². The van der Waals surface area contributed by atoms with Crippen LogP contribution in [0.1, 0.15) is 29.6 Å². The Kier molecular flexibility index (Phi) is 2.38. The van der Waals surface area contributed by atoms with Gasteiger partial charge in [0.1, 0.15) is 5.78 Å². The Labute approximate surface area is 69.5 Å². The molecule has 1 heterocycles. The van der Waals surface area contributed by atoms with E-state index >= 15 is 0 Å². The van der Waals surface area contributed by atoms with E-state index < -0.39 is 0 Å². The van der Waals surface area contributed by atoms with Crippen LogP contribution in [0.5, 0.6) is 0 Å². The number of carbonyl (C=O) groups is 2. The molecular formula is C8H9NO3. The van der Waals surface area contributed by atoms with E-state index in [1.165, 1.54) is 13.0 Å². The molecule has 0 aliphatic rings. The van der Waals surface area contributed by atoms with Gasteiger partial charge in [-0.1, -0.05) is 5.16 Å². The van der Waals surface area contributed by atoms with Crippen LogP contribution >= 0.6 is 0 Å². The number of rotatable bonds is 3. The summed E-state index contributed by atoms with van der Waals surface area (Å²) in [6.07, 6.45) is -0.116. The predicted molar refractivity (Wildman–Crippen MR) is 40.9 cm³/mol. The molecule has 0 saturated heterocycles. The second-order valence-corrected chi connectivity index (χ2v) is 2.63. The zero-order valence-electron chi connectivity index (χ0n) is 6.96. The summed E-state index contributed by atoms with van der Waals surface area (Å²) in [5.74, 6) is -0.333. The largest absolute Gasteiger partial charge is 0.353 e. The Morgan fingerprint density at radius 2 is 2.25 bits per heavy atom. The molecule has 0 aromatic carbocycles. The summed E-state index contributed by atoms with van der Waals surface area (Å²) in [6, 6.07) is 1.52. The van der Waals surface area contributed by atoms with Gasteiger partial charge in [-0.2, -0.15) is 0 Å². The third-order valence-electron chi connectivity index (χ3n) is 1.31. The molecular weight excluding hydrogens is 158 g/mol. The molecule has 0 aliphatic carbocycles. The third kappa shape index (κ3) is 2.02. The van der Waals surface area contributed by atoms with Gasteiger partial charge < -0.3 is 4.52 Å². The second kappa shape index (κ2) is 3.30. The first kappa shape index (κ1) is 8.64. The Morgan fingerprint density at radius 1 is 1.58 bits per heavy atom. The van der Waals surface area contributed by atoms with Crippen LogP contribution in [0.2, 0.25) is 0 Å². The quantitative estimate of drug-likeness (QED) is 0.500. The van der Waals surface area contributed by atoms with Crippen molar-refractivity contribution in [3.63, 3.8) is 0 Å². The molecule has 0 spiro atoms. The van der Waals surface area contributed by atoms with Crippen LogP contribution in [-0.2, 0) is 4.79 Å². The highest BCUT2D eigenvalue weighted by Crippen LogP contribution is 2.05. The maximum Gasteiger partial charge on any atom is 0.208 e. The van der Waals surface area contributed by atoms with Crippen LogP contribution in [0.3, 0.4) is 0 Å². The van der Waals surface area contributed by atoms with Crippen LogP contribution < -0.4 is 0 Å². The minimum atomic E-state index is -0.317. The zero-order chi connectivity index (χ0) is 9.14. The van der Waals surface area contributed by atoms with Crippen molar-refractivity contribution in [3.05, 3.63) is 17.5 Å². The van der Waals surface area contributed by atoms with Crippen molar-refractivity contribution in [2.75, 3.05) is 0 Å². The van der Waals surface area contributed by atoms with E-state index in [9.17, 15) is 9.59 Å². The number of ketones is 2. The van der Waals surface area contributed by atoms with E-state index in [0.717, 1.165) is 0 Å². The van der Waals surface area contributed by atoms with Crippen LogP contribution in [0.4, 0.5) is 0 Å². The smallest absolute Gasteiger partial charge is 0.208 e. The lowest BCUT2D eigenvalue weighted by molar-refractivity contribution is -0.116. The fraction of sp³-hybridized carbons (Fsp3) is 0.375. The van der Waals surface area contributed by atoms with Gasteiger partial charge in [-0.3, -0.25) is 9.59 Å². The Morgan fingerprint density at radius 3 is 2.67 bits per heavy atom. The Bertz CT molecular complexity index is 314. The molecule has 0 unspecified atom stereocenters. The van der Waals surface area contributed by atoms with E-state index in [1.807, 2.05) is 0 Å². The zero-order valence-corrected chi connectivity index (χ0v) is 6.96. The summed E-state index contributed by atoms with van der Waals surface area (Å²) in [5, 5.41) is 3.54. The standard InChI is InChI=1S/C8H9NO3/c1-5-3-8(12-9-5)7(11)4-6(2)10/h3H,4H2,1-2H3. The molecule has 12 heavy (non-hydrogen) atoms. The lowest BCUT2D eigenvalue weighted by atomic mass is 10.2. The number of carbonyl (C=O) groups excluding carboxylic acids is 2. The van der Waals surface area contributed by atoms with E-state index in [0.29, 0.717) is 5.69 Å². The van der Waals surface area contributed by atoms with Crippen molar-refractivity contribution in [2.45, 2.75) is 20.3 Å². The van der Waals surface area contributed by atoms with Gasteiger partial charge in [0.05, 0.1) is 12.1 Å². The number of hydrogen-bond acceptors (Lipinski definition) is 4. The van der Waals surface area contributed by atoms with Gasteiger partial charge in [0, 0.05) is 6.07 Å². The SMILES string of the molecule is CC(=O)CC(=O)c1cc(C)no1. The van der Waals surface area contributed by atoms with E-state index in [1.54, 1.807) is 6.92 Å². The van der Waals surface area contributed by atoms with Gasteiger partial charge in [0.25, 0.3) is 0 Å². The number of nitrogens with zero attached hydrogens (tertiary/aromatic N) is 1. The molecule has 4 heteroatoms. The molecule has 4 nitrogen and oxygen atoms in total. The normalized spacial score (nSPS) is 9.83. The van der Waals surface area contributed by atoms with E-state index in [4.69, 9.17) is 0 Å². The lowest BCUT2D eigenvalue weighted by Gasteiger charge is -1.88. The number of hydrogen-bond donors (Lipinski definition) is 0. The first-order chi connectivity index (χ1) is 5.59. The maximum absolute atomic E-state index is 11.1. The summed E-state index contributed by atoms with van der Waals surface area (Å²) in [6.45, 7) is 3.08. The fourth-order valence-electron chi connectivity index (χ4n) is 0.808. The van der Waals surface area contributed by atoms with Crippen molar-refractivity contribution in [2.24, 2.45) is 0 Å². The summed E-state index contributed by atoms with van der Waals surface area (Å²) < 4.78 is 4.68. The minimum absolute atomic E-state index is 0.116. The molecule has 0 N–H and O–H groups in total. The summed E-state index contributed by atoms with van der Waals surface area (Å²) in [7, 11) is 0. The molecule has 0 amide bonds. The van der Waals surface area contributed by atoms with Gasteiger partial charge in [-0.15, -0.1) is 0 Å². The Balaban J connectivity index is 2.72. The Hall–Kier alpha value is -1.45. The van der Waals surface area contributed by atoms with Crippen LogP contribution in [0.25, 0.3) is 0 Å². The van der Waals surface area contributed by atoms with Crippen molar-refractivity contribution in [1.29, 1.82) is 0 Å². The first-order valence-electron chi connectivity index (χ1n) is 3.55. The van der Waals surface area contributed by atoms with Crippen molar-refractivity contribution >= 4 is 11.6 Å². The lowest BCUT2D eigenvalue weighted by Crippen LogP contribution is -2.03. The molecule has 1 rings (SSSR count). The van der Waals surface area contributed by atoms with Gasteiger partial charge in [0.15, 0.2) is 0 Å². The van der Waals surface area contributed by atoms with Gasteiger partial charge in [0.2, 0.25) is 11.5 Å². The van der Waals surface area contributed by atoms with Crippen LogP contribution in [-0.4, -0.2) is 16.7 Å². The molecule has 0 aliphatic heterocycles. The summed E-state index contributed by atoms with van der Waals surface area (Å²) in [5.41, 5.74) is 0.641. The number of aryl methyl sites for hydroxylation is 1. The van der Waals surface area contributed by atoms with Crippen LogP contribution in [0.15, 0.2) is 10.6 Å². The topological polar surface area (TPSA) is 60.2 Å². The van der Waals surface area contributed by atoms with Crippen molar-refractivity contribution in [3.8, 4) is 0 Å². The highest BCUT2D eigenvalue weighted by Gasteiger charge is 2.12. The molecule has 0 radical (unpaired) electrons. The molecule has 64 valence electrons. The average molecular weight is 167 g/mol. The maximum atomic E-state index is 11.1. The van der Waals surface area contributed by atoms with Gasteiger partial charge in [-0.05, 0) is 13.8 Å². The molecule has 1 aromatic rings. The van der Waals surface area contributed by atoms with Gasteiger partial charge in [-0.25, -0.2) is 0 Å². The highest BCUT2D eigenvalue weighted by molar-refractivity contribution is 6.05. The first-order valence-corrected chi connectivity index (χ1v) is 3.55. The highest BCUT2D eigenvalue weighted by atomic mass is 16.5. The number of Topliss-reactive ketones (excluding diaryl/α,β-unsaturated/α-hetero) is 2. The molecule has 0 saturated carbocycles. The molecule has 0 atom stereocenters. The van der Waals surface area contributed by atoms with Crippen molar-refractivity contribution < 1.29 is 14.1 Å². The minimum Gasteiger partial charge on any atom is -0.353 e. The van der Waals surface area contributed by atoms with Gasteiger partial charge >= 0.3 is 0 Å². The van der Waals surface area contributed by atoms with Crippen LogP contribution in [0, 0.1) is 6.92 Å². The molecule has 0 bridgehead atoms. The summed E-state index contributed by atoms with van der Waals surface area (Å²) >= 11 is 0. The van der Waals surface area contributed by atoms with E-state index in [-0.39, 0.29) is 23.7 Å². The fourth-order valence-corrected chi connectivity index (χ4v) is 0.808. The monoisotopic (exact) mass is 167 g/mol.